The van der Waals surface area contributed by atoms with Crippen LogP contribution in [0.5, 0.6) is 0 Å². The van der Waals surface area contributed by atoms with Gasteiger partial charge in [-0.25, -0.2) is 0 Å². The molecule has 0 N–H and O–H groups in total. The Balaban J connectivity index is 1.06. The molecule has 15 rings (SSSR count). The summed E-state index contributed by atoms with van der Waals surface area (Å²) in [7, 11) is 4.53. The summed E-state index contributed by atoms with van der Waals surface area (Å²) in [4.78, 5) is 4.91. The second kappa shape index (κ2) is 17.9. The number of nitrogens with zero attached hydrogens (tertiary/aromatic N) is 2. The third kappa shape index (κ3) is 6.44. The molecule has 0 amide bonds. The van der Waals surface area contributed by atoms with Crippen LogP contribution in [0.4, 0.5) is 22.7 Å². The van der Waals surface area contributed by atoms with Gasteiger partial charge in [-0.2, -0.15) is 0 Å². The van der Waals surface area contributed by atoms with Crippen LogP contribution in [-0.2, 0) is 10.8 Å². The third-order valence-corrected chi connectivity index (χ3v) is 17.4. The molecule has 2 aliphatic heterocycles. The molecule has 0 fully saturated rings. The second-order valence-corrected chi connectivity index (χ2v) is 21.1. The standard InChI is InChI=1S/C76H54N2/c1-77-70-48-19-17-44-66(70)75(52-28-7-3-8-29-52,53-30-9-4-10-31-53)68-46-24-42-62(73(68)77)57-37-22-40-60-64(57)50-65-58(38-23-41-61(65)72(60)59-39-21-27-51-26-15-16-36-56(51)59)63-43-25-47-69-74(63)78(2)71-49-20-18-45-67(71)76(69,54-32-11-5-12-33-54)55-34-13-6-14-35-55/h3-50H,1-2H3. The highest BCUT2D eigenvalue weighted by atomic mass is 15.1. The Morgan fingerprint density at radius 1 is 0.244 bits per heavy atom. The van der Waals surface area contributed by atoms with E-state index in [4.69, 9.17) is 0 Å². The summed E-state index contributed by atoms with van der Waals surface area (Å²) < 4.78 is 0. The number of fused-ring (bicyclic) bond motifs is 7. The van der Waals surface area contributed by atoms with E-state index in [0.717, 1.165) is 0 Å². The highest BCUT2D eigenvalue weighted by molar-refractivity contribution is 6.22. The number of benzene rings is 13. The Hall–Kier alpha value is -9.76. The van der Waals surface area contributed by atoms with Crippen molar-refractivity contribution in [2.45, 2.75) is 10.8 Å². The number of hydrogen-bond acceptors (Lipinski definition) is 2. The van der Waals surface area contributed by atoms with Gasteiger partial charge in [0.1, 0.15) is 0 Å². The van der Waals surface area contributed by atoms with E-state index in [0.29, 0.717) is 0 Å². The Labute approximate surface area is 456 Å². The molecule has 0 saturated carbocycles. The average Bonchev–Trinajstić information content (AvgIpc) is 3.57. The topological polar surface area (TPSA) is 6.48 Å². The molecule has 2 heteroatoms. The van der Waals surface area contributed by atoms with Crippen molar-refractivity contribution in [2.75, 3.05) is 23.9 Å². The van der Waals surface area contributed by atoms with E-state index in [1.165, 1.54) is 133 Å². The van der Waals surface area contributed by atoms with Crippen molar-refractivity contribution in [3.63, 3.8) is 0 Å². The van der Waals surface area contributed by atoms with Crippen molar-refractivity contribution in [3.8, 4) is 33.4 Å². The summed E-state index contributed by atoms with van der Waals surface area (Å²) in [5.41, 5.74) is 20.8. The van der Waals surface area contributed by atoms with E-state index in [9.17, 15) is 0 Å². The molecule has 2 aliphatic rings. The molecule has 0 radical (unpaired) electrons. The van der Waals surface area contributed by atoms with Crippen molar-refractivity contribution < 1.29 is 0 Å². The van der Waals surface area contributed by atoms with Crippen molar-refractivity contribution in [1.82, 2.24) is 0 Å². The minimum Gasteiger partial charge on any atom is -0.344 e. The summed E-state index contributed by atoms with van der Waals surface area (Å²) in [5.74, 6) is 0. The first-order valence-corrected chi connectivity index (χ1v) is 27.2. The van der Waals surface area contributed by atoms with E-state index >= 15 is 0 Å². The SMILES string of the molecule is CN1c2ccccc2C(c2ccccc2)(c2ccccc2)c2cccc(-c3cccc4c(-c5cccc6ccccc56)c5cccc(-c6cccc7c6N(C)c6ccccc6C7(c6ccccc6)c6ccccc6)c5cc34)c21. The van der Waals surface area contributed by atoms with Gasteiger partial charge in [0.25, 0.3) is 0 Å². The highest BCUT2D eigenvalue weighted by Gasteiger charge is 2.48. The smallest absolute Gasteiger partial charge is 0.0742 e. The van der Waals surface area contributed by atoms with Gasteiger partial charge in [-0.05, 0) is 117 Å². The molecule has 0 atom stereocenters. The van der Waals surface area contributed by atoms with Crippen LogP contribution < -0.4 is 9.80 Å². The fourth-order valence-electron chi connectivity index (χ4n) is 14.2. The van der Waals surface area contributed by atoms with Crippen LogP contribution in [0, 0.1) is 0 Å². The van der Waals surface area contributed by atoms with Gasteiger partial charge in [0, 0.05) is 36.6 Å². The quantitative estimate of drug-likeness (QED) is 0.147. The van der Waals surface area contributed by atoms with Gasteiger partial charge < -0.3 is 9.80 Å². The van der Waals surface area contributed by atoms with Gasteiger partial charge >= 0.3 is 0 Å². The van der Waals surface area contributed by atoms with Gasteiger partial charge in [0.15, 0.2) is 0 Å². The van der Waals surface area contributed by atoms with Crippen LogP contribution in [-0.4, -0.2) is 14.1 Å². The molecule has 0 saturated heterocycles. The van der Waals surface area contributed by atoms with E-state index in [-0.39, 0.29) is 0 Å². The third-order valence-electron chi connectivity index (χ3n) is 17.4. The maximum atomic E-state index is 2.53. The molecule has 0 bridgehead atoms. The summed E-state index contributed by atoms with van der Waals surface area (Å²) in [6, 6.07) is 109. The molecular formula is C76H54N2. The van der Waals surface area contributed by atoms with Gasteiger partial charge in [-0.15, -0.1) is 0 Å². The fourth-order valence-corrected chi connectivity index (χ4v) is 14.2. The minimum atomic E-state index is -0.596. The van der Waals surface area contributed by atoms with Gasteiger partial charge in [0.2, 0.25) is 0 Å². The molecule has 13 aromatic carbocycles. The molecule has 0 spiro atoms. The van der Waals surface area contributed by atoms with Crippen LogP contribution in [0.15, 0.2) is 291 Å². The maximum Gasteiger partial charge on any atom is 0.0742 e. The van der Waals surface area contributed by atoms with Gasteiger partial charge in [-0.1, -0.05) is 273 Å². The first kappa shape index (κ1) is 45.6. The number of rotatable bonds is 7. The minimum absolute atomic E-state index is 0.596. The van der Waals surface area contributed by atoms with Gasteiger partial charge in [0.05, 0.1) is 22.2 Å². The first-order valence-electron chi connectivity index (χ1n) is 27.2. The van der Waals surface area contributed by atoms with Crippen LogP contribution in [0.3, 0.4) is 0 Å². The molecule has 13 aromatic rings. The lowest BCUT2D eigenvalue weighted by Gasteiger charge is -2.46. The number of para-hydroxylation sites is 4. The number of hydrogen-bond donors (Lipinski definition) is 0. The van der Waals surface area contributed by atoms with E-state index in [1.807, 2.05) is 0 Å². The maximum absolute atomic E-state index is 2.53. The fraction of sp³-hybridized carbons (Fsp3) is 0.0526. The summed E-state index contributed by atoms with van der Waals surface area (Å²) in [6.45, 7) is 0. The van der Waals surface area contributed by atoms with Crippen LogP contribution in [0.25, 0.3) is 65.7 Å². The van der Waals surface area contributed by atoms with Crippen molar-refractivity contribution in [3.05, 3.63) is 336 Å². The summed E-state index contributed by atoms with van der Waals surface area (Å²) in [6.07, 6.45) is 0. The monoisotopic (exact) mass is 994 g/mol. The lowest BCUT2D eigenvalue weighted by Crippen LogP contribution is -2.38. The zero-order valence-corrected chi connectivity index (χ0v) is 43.6. The molecule has 2 heterocycles. The molecule has 368 valence electrons. The van der Waals surface area contributed by atoms with Crippen molar-refractivity contribution in [1.29, 1.82) is 0 Å². The lowest BCUT2D eigenvalue weighted by molar-refractivity contribution is 0.728. The Morgan fingerprint density at radius 3 is 1.03 bits per heavy atom. The van der Waals surface area contributed by atoms with Crippen LogP contribution in [0.1, 0.15) is 44.5 Å². The zero-order chi connectivity index (χ0) is 52.0. The average molecular weight is 995 g/mol. The molecule has 0 aromatic heterocycles. The van der Waals surface area contributed by atoms with Crippen molar-refractivity contribution in [2.24, 2.45) is 0 Å². The van der Waals surface area contributed by atoms with E-state index < -0.39 is 10.8 Å². The molecular weight excluding hydrogens is 941 g/mol. The van der Waals surface area contributed by atoms with E-state index in [1.54, 1.807) is 0 Å². The zero-order valence-electron chi connectivity index (χ0n) is 43.6. The molecule has 0 unspecified atom stereocenters. The van der Waals surface area contributed by atoms with Gasteiger partial charge in [-0.3, -0.25) is 0 Å². The predicted molar refractivity (Wildman–Crippen MR) is 328 cm³/mol. The number of anilines is 4. The lowest BCUT2D eigenvalue weighted by atomic mass is 9.62. The van der Waals surface area contributed by atoms with Crippen molar-refractivity contribution >= 4 is 55.1 Å². The Bertz CT molecular complexity index is 4140. The largest absolute Gasteiger partial charge is 0.344 e. The van der Waals surface area contributed by atoms with E-state index in [2.05, 4.69) is 315 Å². The second-order valence-electron chi connectivity index (χ2n) is 21.1. The first-order chi connectivity index (χ1) is 38.6. The highest BCUT2D eigenvalue weighted by Crippen LogP contribution is 2.60. The Kier molecular flexibility index (Phi) is 10.5. The van der Waals surface area contributed by atoms with Crippen LogP contribution in [0.2, 0.25) is 0 Å². The Morgan fingerprint density at radius 2 is 0.564 bits per heavy atom. The molecule has 78 heavy (non-hydrogen) atoms. The normalized spacial score (nSPS) is 13.9. The molecule has 2 nitrogen and oxygen atoms in total. The summed E-state index contributed by atoms with van der Waals surface area (Å²) in [5, 5.41) is 7.30. The van der Waals surface area contributed by atoms with Crippen LogP contribution >= 0.6 is 0 Å². The molecule has 0 aliphatic carbocycles. The summed E-state index contributed by atoms with van der Waals surface area (Å²) >= 11 is 0. The predicted octanol–water partition coefficient (Wildman–Crippen LogP) is 19.1.